The number of aliphatic hydroxyl groups is 1. The Labute approximate surface area is 196 Å². The molecule has 0 atom stereocenters. The van der Waals surface area contributed by atoms with Gasteiger partial charge < -0.3 is 9.67 Å². The molecule has 0 bridgehead atoms. The minimum atomic E-state index is 0.0106. The van der Waals surface area contributed by atoms with Gasteiger partial charge in [0.15, 0.2) is 11.5 Å². The topological polar surface area (TPSA) is 68.2 Å². The quantitative estimate of drug-likeness (QED) is 0.392. The lowest BCUT2D eigenvalue weighted by Crippen LogP contribution is -2.05. The van der Waals surface area contributed by atoms with Crippen molar-refractivity contribution in [1.82, 2.24) is 24.1 Å². The molecule has 6 rings (SSSR count). The number of aliphatic hydroxyl groups excluding tert-OH is 1. The highest BCUT2D eigenvalue weighted by molar-refractivity contribution is 6.09. The summed E-state index contributed by atoms with van der Waals surface area (Å²) in [6, 6.07) is 30.8. The molecule has 3 heterocycles. The van der Waals surface area contributed by atoms with Gasteiger partial charge in [-0.1, -0.05) is 91.0 Å². The molecule has 0 spiro atoms. The van der Waals surface area contributed by atoms with E-state index in [4.69, 9.17) is 15.1 Å². The Hall–Kier alpha value is -4.29. The van der Waals surface area contributed by atoms with Crippen LogP contribution in [-0.2, 0) is 13.0 Å². The Morgan fingerprint density at radius 3 is 2.06 bits per heavy atom. The van der Waals surface area contributed by atoms with Crippen molar-refractivity contribution in [3.63, 3.8) is 0 Å². The molecule has 6 nitrogen and oxygen atoms in total. The Kier molecular flexibility index (Phi) is 5.13. The summed E-state index contributed by atoms with van der Waals surface area (Å²) in [6.45, 7) is 0.443. The van der Waals surface area contributed by atoms with E-state index in [1.807, 2.05) is 54.6 Å². The van der Waals surface area contributed by atoms with Crippen LogP contribution >= 0.6 is 0 Å². The second-order valence-corrected chi connectivity index (χ2v) is 8.23. The van der Waals surface area contributed by atoms with Crippen molar-refractivity contribution in [3.8, 4) is 22.4 Å². The van der Waals surface area contributed by atoms with Crippen LogP contribution in [0.3, 0.4) is 0 Å². The van der Waals surface area contributed by atoms with Gasteiger partial charge in [0.1, 0.15) is 12.0 Å². The lowest BCUT2D eigenvalue weighted by molar-refractivity contribution is 0.278. The SMILES string of the molecule is OCCn1c(-c2ccccc2)c(-c2ccccc2)c2c1ncn1nc(Cc3ccccc3)nc21. The first-order valence-electron chi connectivity index (χ1n) is 11.4. The second kappa shape index (κ2) is 8.57. The Balaban J connectivity index is 1.67. The third kappa shape index (κ3) is 3.45. The lowest BCUT2D eigenvalue weighted by atomic mass is 9.99. The second-order valence-electron chi connectivity index (χ2n) is 8.23. The van der Waals surface area contributed by atoms with E-state index in [1.165, 1.54) is 0 Å². The molecule has 166 valence electrons. The first-order valence-corrected chi connectivity index (χ1v) is 11.4. The van der Waals surface area contributed by atoms with Crippen molar-refractivity contribution >= 4 is 16.7 Å². The predicted octanol–water partition coefficient (Wildman–Crippen LogP) is 5.00. The molecule has 6 heteroatoms. The van der Waals surface area contributed by atoms with Crippen molar-refractivity contribution in [2.75, 3.05) is 6.61 Å². The maximum Gasteiger partial charge on any atom is 0.169 e. The van der Waals surface area contributed by atoms with Crippen LogP contribution in [0.15, 0.2) is 97.3 Å². The Morgan fingerprint density at radius 2 is 1.38 bits per heavy atom. The third-order valence-corrected chi connectivity index (χ3v) is 6.06. The fraction of sp³-hybridized carbons (Fsp3) is 0.107. The van der Waals surface area contributed by atoms with Gasteiger partial charge in [0.05, 0.1) is 17.7 Å². The summed E-state index contributed by atoms with van der Waals surface area (Å²) in [5.74, 6) is 0.746. The van der Waals surface area contributed by atoms with Crippen LogP contribution in [0.25, 0.3) is 39.1 Å². The molecule has 0 amide bonds. The molecule has 0 fully saturated rings. The van der Waals surface area contributed by atoms with E-state index in [1.54, 1.807) is 10.8 Å². The van der Waals surface area contributed by atoms with E-state index in [9.17, 15) is 5.11 Å². The zero-order valence-corrected chi connectivity index (χ0v) is 18.5. The van der Waals surface area contributed by atoms with Crippen molar-refractivity contribution in [2.45, 2.75) is 13.0 Å². The lowest BCUT2D eigenvalue weighted by Gasteiger charge is -2.11. The van der Waals surface area contributed by atoms with Gasteiger partial charge >= 0.3 is 0 Å². The highest BCUT2D eigenvalue weighted by Gasteiger charge is 2.24. The summed E-state index contributed by atoms with van der Waals surface area (Å²) < 4.78 is 3.86. The highest BCUT2D eigenvalue weighted by Crippen LogP contribution is 2.41. The summed E-state index contributed by atoms with van der Waals surface area (Å²) in [6.07, 6.45) is 2.37. The first-order chi connectivity index (χ1) is 16.8. The first kappa shape index (κ1) is 20.3. The monoisotopic (exact) mass is 445 g/mol. The number of hydrogen-bond acceptors (Lipinski definition) is 4. The zero-order chi connectivity index (χ0) is 22.9. The summed E-state index contributed by atoms with van der Waals surface area (Å²) in [4.78, 5) is 9.76. The van der Waals surface area contributed by atoms with Gasteiger partial charge in [-0.15, -0.1) is 5.10 Å². The molecule has 0 aliphatic carbocycles. The molecule has 6 aromatic rings. The smallest absolute Gasteiger partial charge is 0.169 e. The van der Waals surface area contributed by atoms with E-state index < -0.39 is 0 Å². The fourth-order valence-electron chi connectivity index (χ4n) is 4.63. The van der Waals surface area contributed by atoms with Crippen LogP contribution in [0.4, 0.5) is 0 Å². The summed E-state index contributed by atoms with van der Waals surface area (Å²) >= 11 is 0. The van der Waals surface area contributed by atoms with E-state index in [-0.39, 0.29) is 6.61 Å². The van der Waals surface area contributed by atoms with Gasteiger partial charge in [-0.3, -0.25) is 0 Å². The highest BCUT2D eigenvalue weighted by atomic mass is 16.3. The van der Waals surface area contributed by atoms with Gasteiger partial charge in [0.25, 0.3) is 0 Å². The molecule has 0 aliphatic heterocycles. The van der Waals surface area contributed by atoms with Gasteiger partial charge in [0.2, 0.25) is 0 Å². The minimum Gasteiger partial charge on any atom is -0.395 e. The van der Waals surface area contributed by atoms with Crippen LogP contribution in [0.2, 0.25) is 0 Å². The molecule has 0 saturated carbocycles. The molecule has 34 heavy (non-hydrogen) atoms. The van der Waals surface area contributed by atoms with Crippen LogP contribution in [-0.4, -0.2) is 35.9 Å². The number of nitrogens with zero attached hydrogens (tertiary/aromatic N) is 5. The zero-order valence-electron chi connectivity index (χ0n) is 18.5. The molecule has 3 aromatic carbocycles. The third-order valence-electron chi connectivity index (χ3n) is 6.06. The van der Waals surface area contributed by atoms with Gasteiger partial charge in [0, 0.05) is 18.5 Å². The average Bonchev–Trinajstić information content (AvgIpc) is 3.44. The maximum atomic E-state index is 9.93. The maximum absolute atomic E-state index is 9.93. The van der Waals surface area contributed by atoms with Crippen LogP contribution in [0, 0.1) is 0 Å². The standard InChI is InChI=1S/C28H23N5O/c34-17-16-32-26(22-14-8-3-9-15-22)24(21-12-6-2-7-13-21)25-27(32)29-19-33-28(25)30-23(31-33)18-20-10-4-1-5-11-20/h1-15,19,34H,16-18H2. The van der Waals surface area contributed by atoms with E-state index in [2.05, 4.69) is 41.0 Å². The molecule has 0 unspecified atom stereocenters. The number of aromatic nitrogens is 5. The number of rotatable bonds is 6. The minimum absolute atomic E-state index is 0.0106. The Bertz CT molecular complexity index is 1570. The molecule has 0 saturated heterocycles. The van der Waals surface area contributed by atoms with Gasteiger partial charge in [-0.2, -0.15) is 0 Å². The molecule has 3 aromatic heterocycles. The number of benzene rings is 3. The summed E-state index contributed by atoms with van der Waals surface area (Å²) in [5, 5.41) is 15.6. The van der Waals surface area contributed by atoms with Crippen molar-refractivity contribution in [1.29, 1.82) is 0 Å². The number of fused-ring (bicyclic) bond motifs is 3. The molecular formula is C28H23N5O. The van der Waals surface area contributed by atoms with Crippen LogP contribution in [0.1, 0.15) is 11.4 Å². The van der Waals surface area contributed by atoms with Crippen molar-refractivity contribution in [2.24, 2.45) is 0 Å². The molecule has 1 N–H and O–H groups in total. The van der Waals surface area contributed by atoms with E-state index >= 15 is 0 Å². The molecule has 0 radical (unpaired) electrons. The van der Waals surface area contributed by atoms with E-state index in [0.717, 1.165) is 50.5 Å². The van der Waals surface area contributed by atoms with Crippen molar-refractivity contribution < 1.29 is 5.11 Å². The van der Waals surface area contributed by atoms with Crippen molar-refractivity contribution in [3.05, 3.63) is 109 Å². The molecule has 0 aliphatic rings. The average molecular weight is 446 g/mol. The summed E-state index contributed by atoms with van der Waals surface area (Å²) in [5.41, 5.74) is 6.92. The normalized spacial score (nSPS) is 11.4. The number of hydrogen-bond donors (Lipinski definition) is 1. The largest absolute Gasteiger partial charge is 0.395 e. The summed E-state index contributed by atoms with van der Waals surface area (Å²) in [7, 11) is 0. The van der Waals surface area contributed by atoms with Gasteiger partial charge in [-0.05, 0) is 16.7 Å². The van der Waals surface area contributed by atoms with Gasteiger partial charge in [-0.25, -0.2) is 14.5 Å². The Morgan fingerprint density at radius 1 is 0.735 bits per heavy atom. The fourth-order valence-corrected chi connectivity index (χ4v) is 4.63. The van der Waals surface area contributed by atoms with Crippen LogP contribution in [0.5, 0.6) is 0 Å². The van der Waals surface area contributed by atoms with E-state index in [0.29, 0.717) is 13.0 Å². The molecular weight excluding hydrogens is 422 g/mol. The van der Waals surface area contributed by atoms with Crippen LogP contribution < -0.4 is 0 Å². The predicted molar refractivity (Wildman–Crippen MR) is 133 cm³/mol.